The molecule has 1 atom stereocenters. The normalized spacial score (nSPS) is 20.5. The molecule has 0 bridgehead atoms. The monoisotopic (exact) mass is 373 g/mol. The topological polar surface area (TPSA) is 52.7 Å². The van der Waals surface area contributed by atoms with Crippen LogP contribution in [-0.2, 0) is 9.59 Å². The highest BCUT2D eigenvalue weighted by molar-refractivity contribution is 5.98. The summed E-state index contributed by atoms with van der Waals surface area (Å²) in [5.41, 5.74) is 0.652. The number of hydrogen-bond acceptors (Lipinski definition) is 3. The summed E-state index contributed by atoms with van der Waals surface area (Å²) in [4.78, 5) is 26.4. The lowest BCUT2D eigenvalue weighted by atomic mass is 10.2. The third-order valence-electron chi connectivity index (χ3n) is 4.74. The van der Waals surface area contributed by atoms with Crippen LogP contribution in [0, 0.1) is 5.82 Å². The molecule has 9 heteroatoms. The van der Waals surface area contributed by atoms with Gasteiger partial charge in [-0.3, -0.25) is 9.59 Å². The molecule has 2 amide bonds. The minimum absolute atomic E-state index is 0.0919. The molecule has 2 aliphatic rings. The molecule has 1 N–H and O–H groups in total. The van der Waals surface area contributed by atoms with E-state index >= 15 is 0 Å². The summed E-state index contributed by atoms with van der Waals surface area (Å²) < 4.78 is 52.1. The van der Waals surface area contributed by atoms with E-state index in [0.29, 0.717) is 4.90 Å². The fraction of sp³-hybridized carbons (Fsp3) is 0.529. The summed E-state index contributed by atoms with van der Waals surface area (Å²) >= 11 is 0. The maximum Gasteiger partial charge on any atom is 0.471 e. The van der Waals surface area contributed by atoms with Crippen LogP contribution >= 0.6 is 0 Å². The second kappa shape index (κ2) is 7.13. The molecule has 2 heterocycles. The first-order valence-electron chi connectivity index (χ1n) is 8.50. The van der Waals surface area contributed by atoms with Gasteiger partial charge in [-0.25, -0.2) is 4.39 Å². The molecule has 1 unspecified atom stereocenters. The molecule has 0 saturated carbocycles. The average Bonchev–Trinajstić information content (AvgIpc) is 3.26. The lowest BCUT2D eigenvalue weighted by Gasteiger charge is -2.25. The maximum atomic E-state index is 14.1. The van der Waals surface area contributed by atoms with Crippen LogP contribution in [0.25, 0.3) is 0 Å². The molecule has 1 aromatic carbocycles. The minimum Gasteiger partial charge on any atom is -0.371 e. The van der Waals surface area contributed by atoms with Crippen molar-refractivity contribution < 1.29 is 27.2 Å². The molecular formula is C17H19F4N3O2. The van der Waals surface area contributed by atoms with E-state index in [1.165, 1.54) is 12.1 Å². The van der Waals surface area contributed by atoms with Crippen LogP contribution in [-0.4, -0.2) is 48.6 Å². The number of benzene rings is 1. The Bertz CT molecular complexity index is 702. The molecule has 2 saturated heterocycles. The Morgan fingerprint density at radius 1 is 1.08 bits per heavy atom. The number of nitrogens with zero attached hydrogens (tertiary/aromatic N) is 2. The van der Waals surface area contributed by atoms with E-state index in [4.69, 9.17) is 0 Å². The predicted octanol–water partition coefficient (Wildman–Crippen LogP) is 2.92. The van der Waals surface area contributed by atoms with Gasteiger partial charge in [0.2, 0.25) is 5.91 Å². The maximum absolute atomic E-state index is 14.1. The van der Waals surface area contributed by atoms with Crippen molar-refractivity contribution in [2.24, 2.45) is 0 Å². The molecule has 2 fully saturated rings. The highest BCUT2D eigenvalue weighted by Crippen LogP contribution is 2.29. The van der Waals surface area contributed by atoms with Crippen molar-refractivity contribution in [2.45, 2.75) is 37.9 Å². The third kappa shape index (κ3) is 3.76. The van der Waals surface area contributed by atoms with Crippen LogP contribution in [0.4, 0.5) is 28.9 Å². The molecule has 1 aromatic rings. The zero-order valence-electron chi connectivity index (χ0n) is 14.0. The third-order valence-corrected chi connectivity index (χ3v) is 4.74. The van der Waals surface area contributed by atoms with Crippen molar-refractivity contribution in [3.05, 3.63) is 24.0 Å². The number of alkyl halides is 3. The number of carbonyl (C=O) groups excluding carboxylic acids is 2. The molecule has 0 aromatic heterocycles. The van der Waals surface area contributed by atoms with Crippen LogP contribution in [0.5, 0.6) is 0 Å². The highest BCUT2D eigenvalue weighted by Gasteiger charge is 2.47. The van der Waals surface area contributed by atoms with E-state index in [1.807, 2.05) is 4.90 Å². The van der Waals surface area contributed by atoms with Gasteiger partial charge in [0.25, 0.3) is 0 Å². The zero-order valence-corrected chi connectivity index (χ0v) is 14.0. The zero-order chi connectivity index (χ0) is 18.9. The van der Waals surface area contributed by atoms with Gasteiger partial charge in [-0.15, -0.1) is 0 Å². The van der Waals surface area contributed by atoms with Gasteiger partial charge in [-0.1, -0.05) is 0 Å². The van der Waals surface area contributed by atoms with Crippen LogP contribution in [0.2, 0.25) is 0 Å². The first kappa shape index (κ1) is 18.5. The van der Waals surface area contributed by atoms with Gasteiger partial charge in [-0.05, 0) is 43.9 Å². The highest BCUT2D eigenvalue weighted by atomic mass is 19.4. The van der Waals surface area contributed by atoms with Gasteiger partial charge in [0.05, 0.1) is 5.69 Å². The number of anilines is 2. The molecule has 142 valence electrons. The quantitative estimate of drug-likeness (QED) is 0.829. The van der Waals surface area contributed by atoms with E-state index in [9.17, 15) is 27.2 Å². The number of rotatable bonds is 3. The second-order valence-electron chi connectivity index (χ2n) is 6.50. The van der Waals surface area contributed by atoms with Gasteiger partial charge < -0.3 is 15.1 Å². The van der Waals surface area contributed by atoms with Crippen molar-refractivity contribution in [3.8, 4) is 0 Å². The summed E-state index contributed by atoms with van der Waals surface area (Å²) in [6.07, 6.45) is -2.59. The molecule has 0 spiro atoms. The Hall–Kier alpha value is -2.32. The summed E-state index contributed by atoms with van der Waals surface area (Å²) in [5, 5.41) is 2.35. The number of halogens is 4. The molecule has 26 heavy (non-hydrogen) atoms. The van der Waals surface area contributed by atoms with Gasteiger partial charge in [0.15, 0.2) is 0 Å². The number of carbonyl (C=O) groups is 2. The lowest BCUT2D eigenvalue weighted by molar-refractivity contribution is -0.186. The van der Waals surface area contributed by atoms with E-state index in [1.54, 1.807) is 6.07 Å². The Morgan fingerprint density at radius 3 is 2.42 bits per heavy atom. The van der Waals surface area contributed by atoms with Crippen molar-refractivity contribution in [1.82, 2.24) is 4.90 Å². The minimum atomic E-state index is -5.04. The van der Waals surface area contributed by atoms with Crippen LogP contribution < -0.4 is 10.2 Å². The molecule has 0 aliphatic carbocycles. The Kier molecular flexibility index (Phi) is 5.06. The molecule has 0 radical (unpaired) electrons. The summed E-state index contributed by atoms with van der Waals surface area (Å²) in [5.74, 6) is -3.52. The number of hydrogen-bond donors (Lipinski definition) is 1. The van der Waals surface area contributed by atoms with Crippen molar-refractivity contribution in [2.75, 3.05) is 29.9 Å². The standard InChI is InChI=1S/C17H19F4N3O2/c18-12-6-5-11(23-7-1-2-8-23)10-13(12)22-15(25)14-4-3-9-24(14)16(26)17(19,20)21/h5-6,10,14H,1-4,7-9H2,(H,22,25). The van der Waals surface area contributed by atoms with Gasteiger partial charge in [0.1, 0.15) is 11.9 Å². The fourth-order valence-corrected chi connectivity index (χ4v) is 3.44. The van der Waals surface area contributed by atoms with Crippen molar-refractivity contribution >= 4 is 23.2 Å². The van der Waals surface area contributed by atoms with Gasteiger partial charge in [-0.2, -0.15) is 13.2 Å². The summed E-state index contributed by atoms with van der Waals surface area (Å²) in [6, 6.07) is 3.05. The SMILES string of the molecule is O=C(Nc1cc(N2CCCC2)ccc1F)C1CCCN1C(=O)C(F)(F)F. The first-order chi connectivity index (χ1) is 12.3. The number of nitrogens with one attached hydrogen (secondary N) is 1. The molecule has 5 nitrogen and oxygen atoms in total. The molecule has 2 aliphatic heterocycles. The van der Waals surface area contributed by atoms with Crippen LogP contribution in [0.3, 0.4) is 0 Å². The lowest BCUT2D eigenvalue weighted by Crippen LogP contribution is -2.48. The largest absolute Gasteiger partial charge is 0.471 e. The first-order valence-corrected chi connectivity index (χ1v) is 8.50. The Balaban J connectivity index is 1.75. The summed E-state index contributed by atoms with van der Waals surface area (Å²) in [7, 11) is 0. The fourth-order valence-electron chi connectivity index (χ4n) is 3.44. The van der Waals surface area contributed by atoms with E-state index in [2.05, 4.69) is 5.32 Å². The Morgan fingerprint density at radius 2 is 1.77 bits per heavy atom. The van der Waals surface area contributed by atoms with E-state index in [-0.39, 0.29) is 25.1 Å². The van der Waals surface area contributed by atoms with E-state index in [0.717, 1.165) is 31.6 Å². The van der Waals surface area contributed by atoms with Crippen molar-refractivity contribution in [3.63, 3.8) is 0 Å². The predicted molar refractivity (Wildman–Crippen MR) is 87.3 cm³/mol. The van der Waals surface area contributed by atoms with Crippen molar-refractivity contribution in [1.29, 1.82) is 0 Å². The Labute approximate surface area is 147 Å². The smallest absolute Gasteiger partial charge is 0.371 e. The number of likely N-dealkylation sites (tertiary alicyclic amines) is 1. The van der Waals surface area contributed by atoms with Crippen LogP contribution in [0.15, 0.2) is 18.2 Å². The molecule has 3 rings (SSSR count). The molecular weight excluding hydrogens is 354 g/mol. The summed E-state index contributed by atoms with van der Waals surface area (Å²) in [6.45, 7) is 1.51. The van der Waals surface area contributed by atoms with Gasteiger partial charge >= 0.3 is 12.1 Å². The van der Waals surface area contributed by atoms with Gasteiger partial charge in [0, 0.05) is 25.3 Å². The van der Waals surface area contributed by atoms with Crippen LogP contribution in [0.1, 0.15) is 25.7 Å². The average molecular weight is 373 g/mol. The van der Waals surface area contributed by atoms with E-state index < -0.39 is 29.8 Å². The second-order valence-corrected chi connectivity index (χ2v) is 6.50. The number of amides is 2.